The van der Waals surface area contributed by atoms with Crippen molar-refractivity contribution in [3.8, 4) is 0 Å². The largest absolute Gasteiger partial charge is 0.313 e. The highest BCUT2D eigenvalue weighted by molar-refractivity contribution is 4.84. The zero-order valence-electron chi connectivity index (χ0n) is 10.1. The minimum absolute atomic E-state index is 0.211. The van der Waals surface area contributed by atoms with E-state index in [1.54, 1.807) is 0 Å². The third-order valence-electron chi connectivity index (χ3n) is 3.33. The van der Waals surface area contributed by atoms with Gasteiger partial charge in [-0.25, -0.2) is 4.39 Å². The van der Waals surface area contributed by atoms with Crippen molar-refractivity contribution in [2.45, 2.75) is 51.6 Å². The Hall–Kier alpha value is -0.150. The van der Waals surface area contributed by atoms with Crippen molar-refractivity contribution in [2.24, 2.45) is 0 Å². The number of alkyl halides is 1. The maximum atomic E-state index is 12.4. The Kier molecular flexibility index (Phi) is 6.18. The van der Waals surface area contributed by atoms with Crippen LogP contribution in [0.25, 0.3) is 0 Å². The lowest BCUT2D eigenvalue weighted by Crippen LogP contribution is -2.51. The Bertz CT molecular complexity index is 162. The molecule has 0 aromatic heterocycles. The first-order chi connectivity index (χ1) is 7.29. The van der Waals surface area contributed by atoms with Crippen LogP contribution < -0.4 is 5.32 Å². The van der Waals surface area contributed by atoms with Gasteiger partial charge in [0.25, 0.3) is 0 Å². The number of likely N-dealkylation sites (tertiary alicyclic amines) is 1. The molecule has 1 fully saturated rings. The Balaban J connectivity index is 2.39. The SMILES string of the molecule is CCCNC(C)C1CCCCN1CCF. The summed E-state index contributed by atoms with van der Waals surface area (Å²) in [5.41, 5.74) is 0. The van der Waals surface area contributed by atoms with E-state index in [-0.39, 0.29) is 6.67 Å². The van der Waals surface area contributed by atoms with Crippen LogP contribution in [-0.4, -0.2) is 43.3 Å². The van der Waals surface area contributed by atoms with Gasteiger partial charge < -0.3 is 5.32 Å². The van der Waals surface area contributed by atoms with E-state index in [0.29, 0.717) is 18.6 Å². The maximum Gasteiger partial charge on any atom is 0.102 e. The first kappa shape index (κ1) is 12.9. The van der Waals surface area contributed by atoms with E-state index in [1.807, 2.05) is 0 Å². The van der Waals surface area contributed by atoms with Crippen LogP contribution in [0, 0.1) is 0 Å². The summed E-state index contributed by atoms with van der Waals surface area (Å²) in [6.45, 7) is 6.96. The summed E-state index contributed by atoms with van der Waals surface area (Å²) in [5, 5.41) is 3.53. The molecular formula is C12H25FN2. The van der Waals surface area contributed by atoms with Crippen LogP contribution in [0.15, 0.2) is 0 Å². The van der Waals surface area contributed by atoms with Crippen molar-refractivity contribution in [3.63, 3.8) is 0 Å². The molecule has 1 rings (SSSR count). The molecule has 1 saturated heterocycles. The van der Waals surface area contributed by atoms with E-state index < -0.39 is 0 Å². The molecule has 1 aliphatic heterocycles. The van der Waals surface area contributed by atoms with Gasteiger partial charge in [-0.1, -0.05) is 13.3 Å². The van der Waals surface area contributed by atoms with Crippen molar-refractivity contribution in [3.05, 3.63) is 0 Å². The van der Waals surface area contributed by atoms with Gasteiger partial charge in [-0.2, -0.15) is 0 Å². The summed E-state index contributed by atoms with van der Waals surface area (Å²) >= 11 is 0. The molecule has 1 N–H and O–H groups in total. The van der Waals surface area contributed by atoms with Crippen LogP contribution in [0.2, 0.25) is 0 Å². The first-order valence-corrected chi connectivity index (χ1v) is 6.33. The Morgan fingerprint density at radius 3 is 2.93 bits per heavy atom. The molecule has 15 heavy (non-hydrogen) atoms. The molecule has 2 atom stereocenters. The van der Waals surface area contributed by atoms with Crippen LogP contribution in [0.1, 0.15) is 39.5 Å². The Morgan fingerprint density at radius 1 is 1.47 bits per heavy atom. The molecule has 0 radical (unpaired) electrons. The lowest BCUT2D eigenvalue weighted by Gasteiger charge is -2.39. The van der Waals surface area contributed by atoms with E-state index in [1.165, 1.54) is 25.7 Å². The second-order valence-corrected chi connectivity index (χ2v) is 4.53. The quantitative estimate of drug-likeness (QED) is 0.732. The number of hydrogen-bond donors (Lipinski definition) is 1. The predicted molar refractivity (Wildman–Crippen MR) is 62.9 cm³/mol. The molecule has 2 unspecified atom stereocenters. The molecule has 0 spiro atoms. The summed E-state index contributed by atoms with van der Waals surface area (Å²) in [6, 6.07) is 1.04. The van der Waals surface area contributed by atoms with Crippen molar-refractivity contribution in [1.29, 1.82) is 0 Å². The van der Waals surface area contributed by atoms with E-state index in [2.05, 4.69) is 24.1 Å². The van der Waals surface area contributed by atoms with Crippen LogP contribution in [0.4, 0.5) is 4.39 Å². The number of rotatable bonds is 6. The average Bonchev–Trinajstić information content (AvgIpc) is 2.27. The lowest BCUT2D eigenvalue weighted by molar-refractivity contribution is 0.111. The fraction of sp³-hybridized carbons (Fsp3) is 1.00. The molecular weight excluding hydrogens is 191 g/mol. The summed E-state index contributed by atoms with van der Waals surface area (Å²) in [6.07, 6.45) is 4.92. The summed E-state index contributed by atoms with van der Waals surface area (Å²) in [5.74, 6) is 0. The molecule has 0 aromatic carbocycles. The predicted octanol–water partition coefficient (Wildman–Crippen LogP) is 2.20. The van der Waals surface area contributed by atoms with Gasteiger partial charge in [-0.05, 0) is 39.3 Å². The first-order valence-electron chi connectivity index (χ1n) is 6.33. The van der Waals surface area contributed by atoms with E-state index in [4.69, 9.17) is 0 Å². The molecule has 90 valence electrons. The highest BCUT2D eigenvalue weighted by Gasteiger charge is 2.26. The zero-order valence-corrected chi connectivity index (χ0v) is 10.1. The summed E-state index contributed by atoms with van der Waals surface area (Å²) in [4.78, 5) is 2.32. The summed E-state index contributed by atoms with van der Waals surface area (Å²) < 4.78 is 12.4. The lowest BCUT2D eigenvalue weighted by atomic mass is 9.96. The third-order valence-corrected chi connectivity index (χ3v) is 3.33. The van der Waals surface area contributed by atoms with Crippen LogP contribution >= 0.6 is 0 Å². The second kappa shape index (κ2) is 7.18. The molecule has 0 bridgehead atoms. The van der Waals surface area contributed by atoms with Gasteiger partial charge in [0.05, 0.1) is 0 Å². The van der Waals surface area contributed by atoms with Gasteiger partial charge in [0, 0.05) is 18.6 Å². The van der Waals surface area contributed by atoms with Gasteiger partial charge >= 0.3 is 0 Å². The smallest absolute Gasteiger partial charge is 0.102 e. The Labute approximate surface area is 93.2 Å². The topological polar surface area (TPSA) is 15.3 Å². The van der Waals surface area contributed by atoms with Gasteiger partial charge in [0.1, 0.15) is 6.67 Å². The van der Waals surface area contributed by atoms with E-state index in [9.17, 15) is 4.39 Å². The molecule has 1 aliphatic rings. The fourth-order valence-electron chi connectivity index (χ4n) is 2.48. The standard InChI is InChI=1S/C12H25FN2/c1-3-8-14-11(2)12-6-4-5-9-15(12)10-7-13/h11-12,14H,3-10H2,1-2H3. The zero-order chi connectivity index (χ0) is 11.1. The number of halogens is 1. The normalized spacial score (nSPS) is 25.4. The third kappa shape index (κ3) is 4.07. The van der Waals surface area contributed by atoms with Crippen molar-refractivity contribution >= 4 is 0 Å². The second-order valence-electron chi connectivity index (χ2n) is 4.53. The van der Waals surface area contributed by atoms with Crippen molar-refractivity contribution < 1.29 is 4.39 Å². The van der Waals surface area contributed by atoms with Crippen molar-refractivity contribution in [2.75, 3.05) is 26.3 Å². The highest BCUT2D eigenvalue weighted by Crippen LogP contribution is 2.19. The number of nitrogens with zero attached hydrogens (tertiary/aromatic N) is 1. The molecule has 3 heteroatoms. The minimum Gasteiger partial charge on any atom is -0.313 e. The van der Waals surface area contributed by atoms with Crippen LogP contribution in [-0.2, 0) is 0 Å². The number of piperidine rings is 1. The molecule has 0 amide bonds. The number of nitrogens with one attached hydrogen (secondary N) is 1. The fourth-order valence-corrected chi connectivity index (χ4v) is 2.48. The van der Waals surface area contributed by atoms with Crippen LogP contribution in [0.3, 0.4) is 0 Å². The van der Waals surface area contributed by atoms with Gasteiger partial charge in [0.2, 0.25) is 0 Å². The number of hydrogen-bond acceptors (Lipinski definition) is 2. The van der Waals surface area contributed by atoms with Gasteiger partial charge in [-0.15, -0.1) is 0 Å². The average molecular weight is 216 g/mol. The molecule has 1 heterocycles. The van der Waals surface area contributed by atoms with Crippen molar-refractivity contribution in [1.82, 2.24) is 10.2 Å². The minimum atomic E-state index is -0.211. The molecule has 0 aromatic rings. The molecule has 2 nitrogen and oxygen atoms in total. The highest BCUT2D eigenvalue weighted by atomic mass is 19.1. The van der Waals surface area contributed by atoms with Gasteiger partial charge in [-0.3, -0.25) is 4.90 Å². The maximum absolute atomic E-state index is 12.4. The van der Waals surface area contributed by atoms with Gasteiger partial charge in [0.15, 0.2) is 0 Å². The molecule has 0 aliphatic carbocycles. The monoisotopic (exact) mass is 216 g/mol. The summed E-state index contributed by atoms with van der Waals surface area (Å²) in [7, 11) is 0. The Morgan fingerprint density at radius 2 is 2.27 bits per heavy atom. The van der Waals surface area contributed by atoms with E-state index >= 15 is 0 Å². The molecule has 0 saturated carbocycles. The van der Waals surface area contributed by atoms with Crippen LogP contribution in [0.5, 0.6) is 0 Å². The van der Waals surface area contributed by atoms with E-state index in [0.717, 1.165) is 13.1 Å².